The third-order valence-electron chi connectivity index (χ3n) is 2.77. The second-order valence-electron chi connectivity index (χ2n) is 4.34. The molecule has 0 amide bonds. The van der Waals surface area contributed by atoms with Crippen LogP contribution >= 0.6 is 11.6 Å². The van der Waals surface area contributed by atoms with Crippen molar-refractivity contribution in [3.63, 3.8) is 0 Å². The molecule has 0 aliphatic heterocycles. The number of halogens is 1. The molecule has 1 N–H and O–H groups in total. The van der Waals surface area contributed by atoms with Gasteiger partial charge in [-0.1, -0.05) is 25.4 Å². The molecule has 1 aromatic carbocycles. The molecule has 0 fully saturated rings. The van der Waals surface area contributed by atoms with Gasteiger partial charge in [0.25, 0.3) is 0 Å². The van der Waals surface area contributed by atoms with Crippen molar-refractivity contribution < 1.29 is 0 Å². The number of H-pyrrole nitrogens is 1. The first-order chi connectivity index (χ1) is 7.50. The van der Waals surface area contributed by atoms with Gasteiger partial charge in [-0.25, -0.2) is 0 Å². The fraction of sp³-hybridized carbons (Fsp3) is 0.308. The number of aromatic nitrogens is 1. The minimum atomic E-state index is 0.109. The molecule has 0 saturated carbocycles. The van der Waals surface area contributed by atoms with Gasteiger partial charge in [-0.05, 0) is 31.0 Å². The van der Waals surface area contributed by atoms with Gasteiger partial charge in [0, 0.05) is 21.7 Å². The summed E-state index contributed by atoms with van der Waals surface area (Å²) < 4.78 is 0. The first kappa shape index (κ1) is 11.2. The predicted molar refractivity (Wildman–Crippen MR) is 68.4 cm³/mol. The molecule has 1 aromatic heterocycles. The molecule has 1 heterocycles. The van der Waals surface area contributed by atoms with Crippen LogP contribution in [0.1, 0.15) is 31.0 Å². The fourth-order valence-electron chi connectivity index (χ4n) is 2.10. The van der Waals surface area contributed by atoms with Gasteiger partial charge >= 0.3 is 0 Å². The highest BCUT2D eigenvalue weighted by atomic mass is 35.5. The van der Waals surface area contributed by atoms with E-state index in [1.54, 1.807) is 18.2 Å². The van der Waals surface area contributed by atoms with Crippen LogP contribution in [0.15, 0.2) is 23.0 Å². The van der Waals surface area contributed by atoms with Crippen molar-refractivity contribution in [2.75, 3.05) is 0 Å². The minimum Gasteiger partial charge on any atom is -0.358 e. The maximum Gasteiger partial charge on any atom is 0.193 e. The van der Waals surface area contributed by atoms with Gasteiger partial charge in [-0.3, -0.25) is 4.79 Å². The van der Waals surface area contributed by atoms with Crippen LogP contribution in [0.4, 0.5) is 0 Å². The Labute approximate surface area is 99.3 Å². The monoisotopic (exact) mass is 235 g/mol. The van der Waals surface area contributed by atoms with Crippen molar-refractivity contribution in [3.05, 3.63) is 44.7 Å². The quantitative estimate of drug-likeness (QED) is 0.805. The van der Waals surface area contributed by atoms with Crippen LogP contribution in [0.3, 0.4) is 0 Å². The maximum absolute atomic E-state index is 12.2. The SMILES string of the molecule is Cc1[nH]c2cc(Cl)ccc2c(=O)c1C(C)C. The Bertz CT molecular complexity index is 599. The lowest BCUT2D eigenvalue weighted by Crippen LogP contribution is -2.14. The van der Waals surface area contributed by atoms with Crippen molar-refractivity contribution in [1.82, 2.24) is 4.98 Å². The lowest BCUT2D eigenvalue weighted by molar-refractivity contribution is 0.839. The Morgan fingerprint density at radius 1 is 1.31 bits per heavy atom. The lowest BCUT2D eigenvalue weighted by Gasteiger charge is -2.10. The first-order valence-corrected chi connectivity index (χ1v) is 5.70. The number of hydrogen-bond donors (Lipinski definition) is 1. The standard InChI is InChI=1S/C13H14ClNO/c1-7(2)12-8(3)15-11-6-9(14)4-5-10(11)13(12)16/h4-7H,1-3H3,(H,15,16). The highest BCUT2D eigenvalue weighted by Gasteiger charge is 2.12. The van der Waals surface area contributed by atoms with Crippen LogP contribution in [0.25, 0.3) is 10.9 Å². The van der Waals surface area contributed by atoms with Gasteiger partial charge in [-0.2, -0.15) is 0 Å². The average Bonchev–Trinajstić information content (AvgIpc) is 2.15. The number of aryl methyl sites for hydroxylation is 1. The second kappa shape index (κ2) is 3.95. The van der Waals surface area contributed by atoms with Gasteiger partial charge < -0.3 is 4.98 Å². The molecule has 0 atom stereocenters. The van der Waals surface area contributed by atoms with Crippen LogP contribution in [-0.2, 0) is 0 Å². The third kappa shape index (κ3) is 1.74. The Kier molecular flexibility index (Phi) is 2.76. The summed E-state index contributed by atoms with van der Waals surface area (Å²) in [5.74, 6) is 0.226. The van der Waals surface area contributed by atoms with E-state index in [2.05, 4.69) is 4.98 Å². The molecule has 0 saturated heterocycles. The molecular weight excluding hydrogens is 222 g/mol. The van der Waals surface area contributed by atoms with E-state index >= 15 is 0 Å². The molecule has 0 spiro atoms. The summed E-state index contributed by atoms with van der Waals surface area (Å²) in [4.78, 5) is 15.5. The van der Waals surface area contributed by atoms with Crippen LogP contribution in [0.2, 0.25) is 5.02 Å². The Morgan fingerprint density at radius 3 is 2.62 bits per heavy atom. The zero-order valence-electron chi connectivity index (χ0n) is 9.60. The van der Waals surface area contributed by atoms with Gasteiger partial charge in [0.1, 0.15) is 0 Å². The number of aromatic amines is 1. The average molecular weight is 236 g/mol. The Morgan fingerprint density at radius 2 is 2.00 bits per heavy atom. The summed E-state index contributed by atoms with van der Waals surface area (Å²) in [5.41, 5.74) is 2.70. The summed E-state index contributed by atoms with van der Waals surface area (Å²) in [6, 6.07) is 5.32. The summed E-state index contributed by atoms with van der Waals surface area (Å²) >= 11 is 5.90. The van der Waals surface area contributed by atoms with E-state index in [1.165, 1.54) is 0 Å². The number of pyridine rings is 1. The van der Waals surface area contributed by atoms with Crippen LogP contribution in [-0.4, -0.2) is 4.98 Å². The largest absolute Gasteiger partial charge is 0.358 e. The van der Waals surface area contributed by atoms with Crippen LogP contribution in [0, 0.1) is 6.92 Å². The molecule has 0 aliphatic rings. The van der Waals surface area contributed by atoms with Crippen molar-refractivity contribution in [1.29, 1.82) is 0 Å². The van der Waals surface area contributed by atoms with Gasteiger partial charge in [0.05, 0.1) is 5.52 Å². The number of nitrogens with one attached hydrogen (secondary N) is 1. The van der Waals surface area contributed by atoms with E-state index < -0.39 is 0 Å². The van der Waals surface area contributed by atoms with Crippen molar-refractivity contribution in [2.24, 2.45) is 0 Å². The van der Waals surface area contributed by atoms with E-state index in [1.807, 2.05) is 20.8 Å². The van der Waals surface area contributed by atoms with E-state index in [9.17, 15) is 4.79 Å². The molecule has 84 valence electrons. The van der Waals surface area contributed by atoms with Gasteiger partial charge in [-0.15, -0.1) is 0 Å². The molecule has 3 heteroatoms. The Balaban J connectivity index is 2.89. The predicted octanol–water partition coefficient (Wildman–Crippen LogP) is 3.61. The number of hydrogen-bond acceptors (Lipinski definition) is 1. The first-order valence-electron chi connectivity index (χ1n) is 5.32. The van der Waals surface area contributed by atoms with E-state index in [-0.39, 0.29) is 11.3 Å². The molecular formula is C13H14ClNO. The molecule has 0 unspecified atom stereocenters. The highest BCUT2D eigenvalue weighted by Crippen LogP contribution is 2.20. The summed E-state index contributed by atoms with van der Waals surface area (Å²) in [6.45, 7) is 5.98. The van der Waals surface area contributed by atoms with Crippen molar-refractivity contribution >= 4 is 22.5 Å². The molecule has 0 bridgehead atoms. The van der Waals surface area contributed by atoms with Crippen LogP contribution < -0.4 is 5.43 Å². The van der Waals surface area contributed by atoms with Crippen molar-refractivity contribution in [2.45, 2.75) is 26.7 Å². The zero-order valence-corrected chi connectivity index (χ0v) is 10.4. The smallest absolute Gasteiger partial charge is 0.193 e. The molecule has 2 nitrogen and oxygen atoms in total. The topological polar surface area (TPSA) is 32.9 Å². The van der Waals surface area contributed by atoms with E-state index in [0.717, 1.165) is 16.8 Å². The van der Waals surface area contributed by atoms with E-state index in [4.69, 9.17) is 11.6 Å². The lowest BCUT2D eigenvalue weighted by atomic mass is 9.99. The van der Waals surface area contributed by atoms with Gasteiger partial charge in [0.2, 0.25) is 0 Å². The van der Waals surface area contributed by atoms with E-state index in [0.29, 0.717) is 10.4 Å². The summed E-state index contributed by atoms with van der Waals surface area (Å²) in [6.07, 6.45) is 0. The molecule has 0 aliphatic carbocycles. The number of rotatable bonds is 1. The fourth-order valence-corrected chi connectivity index (χ4v) is 2.27. The summed E-state index contributed by atoms with van der Waals surface area (Å²) in [5, 5.41) is 1.35. The molecule has 0 radical (unpaired) electrons. The summed E-state index contributed by atoms with van der Waals surface area (Å²) in [7, 11) is 0. The molecule has 16 heavy (non-hydrogen) atoms. The maximum atomic E-state index is 12.2. The molecule has 2 aromatic rings. The van der Waals surface area contributed by atoms with Crippen LogP contribution in [0.5, 0.6) is 0 Å². The highest BCUT2D eigenvalue weighted by molar-refractivity contribution is 6.31. The number of benzene rings is 1. The minimum absolute atomic E-state index is 0.109. The second-order valence-corrected chi connectivity index (χ2v) is 4.77. The zero-order chi connectivity index (χ0) is 11.9. The normalized spacial score (nSPS) is 11.3. The molecule has 2 rings (SSSR count). The third-order valence-corrected chi connectivity index (χ3v) is 3.01. The Hall–Kier alpha value is -1.28. The van der Waals surface area contributed by atoms with Gasteiger partial charge in [0.15, 0.2) is 5.43 Å². The number of fused-ring (bicyclic) bond motifs is 1. The van der Waals surface area contributed by atoms with Crippen molar-refractivity contribution in [3.8, 4) is 0 Å².